The van der Waals surface area contributed by atoms with Crippen LogP contribution in [0.1, 0.15) is 71.4 Å². The molecule has 0 fully saturated rings. The number of nitrogens with one attached hydrogen (secondary N) is 1. The Bertz CT molecular complexity index is 1580. The van der Waals surface area contributed by atoms with Crippen molar-refractivity contribution in [1.82, 2.24) is 15.1 Å². The third-order valence-corrected chi connectivity index (χ3v) is 8.36. The Balaban J connectivity index is 1.53. The van der Waals surface area contributed by atoms with Crippen LogP contribution in [0, 0.1) is 6.92 Å². The van der Waals surface area contributed by atoms with E-state index in [-0.39, 0.29) is 11.7 Å². The molecule has 9 heteroatoms. The van der Waals surface area contributed by atoms with Crippen molar-refractivity contribution in [1.29, 1.82) is 0 Å². The van der Waals surface area contributed by atoms with Crippen LogP contribution in [-0.2, 0) is 6.42 Å². The lowest BCUT2D eigenvalue weighted by atomic mass is 9.94. The van der Waals surface area contributed by atoms with Crippen molar-refractivity contribution in [3.63, 3.8) is 0 Å². The van der Waals surface area contributed by atoms with Crippen LogP contribution in [0.25, 0.3) is 11.3 Å². The number of hydrogen-bond donors (Lipinski definition) is 2. The highest BCUT2D eigenvalue weighted by atomic mass is 35.5. The van der Waals surface area contributed by atoms with E-state index in [0.29, 0.717) is 58.6 Å². The van der Waals surface area contributed by atoms with Gasteiger partial charge in [-0.15, -0.1) is 0 Å². The molecule has 2 N–H and O–H groups in total. The normalized spacial score (nSPS) is 14.2. The number of aromatic nitrogens is 2. The van der Waals surface area contributed by atoms with Gasteiger partial charge in [0.05, 0.1) is 26.9 Å². The zero-order valence-corrected chi connectivity index (χ0v) is 25.8. The van der Waals surface area contributed by atoms with E-state index in [1.807, 2.05) is 54.3 Å². The molecule has 1 aliphatic rings. The lowest BCUT2D eigenvalue weighted by molar-refractivity contribution is 0.0745. The van der Waals surface area contributed by atoms with Crippen LogP contribution >= 0.6 is 11.6 Å². The van der Waals surface area contributed by atoms with Crippen LogP contribution < -0.4 is 14.2 Å². The minimum atomic E-state index is -0.485. The van der Waals surface area contributed by atoms with Crippen LogP contribution in [0.2, 0.25) is 5.02 Å². The Labute approximate surface area is 257 Å². The number of phenols is 1. The molecule has 1 amide bonds. The molecule has 226 valence electrons. The first-order valence-corrected chi connectivity index (χ1v) is 15.1. The summed E-state index contributed by atoms with van der Waals surface area (Å²) in [5.41, 5.74) is 4.69. The molecule has 1 unspecified atom stereocenters. The van der Waals surface area contributed by atoms with Gasteiger partial charge < -0.3 is 24.2 Å². The van der Waals surface area contributed by atoms with Crippen LogP contribution in [0.4, 0.5) is 0 Å². The van der Waals surface area contributed by atoms with Crippen molar-refractivity contribution in [3.8, 4) is 34.3 Å². The molecule has 5 rings (SSSR count). The average molecular weight is 604 g/mol. The number of carbonyl (C=O) groups excluding carboxylic acids is 1. The first-order valence-electron chi connectivity index (χ1n) is 14.7. The first-order chi connectivity index (χ1) is 20.9. The highest BCUT2D eigenvalue weighted by Crippen LogP contribution is 2.46. The Kier molecular flexibility index (Phi) is 9.46. The lowest BCUT2D eigenvalue weighted by Crippen LogP contribution is -2.31. The largest absolute Gasteiger partial charge is 0.507 e. The third kappa shape index (κ3) is 6.30. The number of halogens is 1. The lowest BCUT2D eigenvalue weighted by Gasteiger charge is -2.27. The van der Waals surface area contributed by atoms with Crippen LogP contribution in [0.15, 0.2) is 54.6 Å². The molecule has 0 saturated carbocycles. The number of nitrogens with zero attached hydrogens (tertiary/aromatic N) is 2. The van der Waals surface area contributed by atoms with Gasteiger partial charge in [0.15, 0.2) is 11.5 Å². The fourth-order valence-electron chi connectivity index (χ4n) is 5.56. The fourth-order valence-corrected chi connectivity index (χ4v) is 5.72. The summed E-state index contributed by atoms with van der Waals surface area (Å²) in [5, 5.41) is 18.9. The van der Waals surface area contributed by atoms with E-state index in [0.717, 1.165) is 41.7 Å². The predicted molar refractivity (Wildman–Crippen MR) is 168 cm³/mol. The summed E-state index contributed by atoms with van der Waals surface area (Å²) in [5.74, 6) is 1.91. The minimum absolute atomic E-state index is 0.0449. The molecule has 0 radical (unpaired) electrons. The zero-order valence-electron chi connectivity index (χ0n) is 25.1. The molecule has 43 heavy (non-hydrogen) atoms. The van der Waals surface area contributed by atoms with Gasteiger partial charge in [-0.25, -0.2) is 0 Å². The smallest absolute Gasteiger partial charge is 0.273 e. The summed E-state index contributed by atoms with van der Waals surface area (Å²) in [4.78, 5) is 15.7. The summed E-state index contributed by atoms with van der Waals surface area (Å²) in [6.07, 6.45) is 5.07. The summed E-state index contributed by atoms with van der Waals surface area (Å²) < 4.78 is 17.1. The Morgan fingerprint density at radius 3 is 2.51 bits per heavy atom. The van der Waals surface area contributed by atoms with E-state index in [4.69, 9.17) is 25.8 Å². The molecule has 2 heterocycles. The molecule has 0 spiro atoms. The van der Waals surface area contributed by atoms with Crippen LogP contribution in [0.3, 0.4) is 0 Å². The highest BCUT2D eigenvalue weighted by Gasteiger charge is 2.42. The molecule has 0 saturated heterocycles. The number of carbonyl (C=O) groups is 1. The Hall–Kier alpha value is -4.17. The molecule has 4 aromatic rings. The van der Waals surface area contributed by atoms with Gasteiger partial charge in [-0.1, -0.05) is 56.0 Å². The van der Waals surface area contributed by atoms with Gasteiger partial charge in [-0.3, -0.25) is 9.89 Å². The van der Waals surface area contributed by atoms with Crippen molar-refractivity contribution >= 4 is 17.5 Å². The van der Waals surface area contributed by atoms with Gasteiger partial charge in [0, 0.05) is 22.7 Å². The second-order valence-electron chi connectivity index (χ2n) is 10.8. The van der Waals surface area contributed by atoms with E-state index < -0.39 is 6.04 Å². The molecule has 0 aliphatic carbocycles. The second-order valence-corrected chi connectivity index (χ2v) is 11.2. The van der Waals surface area contributed by atoms with Gasteiger partial charge >= 0.3 is 0 Å². The maximum Gasteiger partial charge on any atom is 0.273 e. The number of amides is 1. The van der Waals surface area contributed by atoms with Gasteiger partial charge in [-0.2, -0.15) is 5.10 Å². The third-order valence-electron chi connectivity index (χ3n) is 7.96. The van der Waals surface area contributed by atoms with Crippen molar-refractivity contribution in [2.24, 2.45) is 0 Å². The Morgan fingerprint density at radius 2 is 1.79 bits per heavy atom. The number of aromatic amines is 1. The molecular weight excluding hydrogens is 566 g/mol. The monoisotopic (exact) mass is 603 g/mol. The van der Waals surface area contributed by atoms with Crippen molar-refractivity contribution in [3.05, 3.63) is 87.6 Å². The maximum atomic E-state index is 13.9. The number of methoxy groups -OCH3 is 2. The number of benzene rings is 3. The number of hydrogen-bond acceptors (Lipinski definition) is 6. The number of ether oxygens (including phenoxy) is 3. The molecule has 0 bridgehead atoms. The molecular formula is C34H38ClN3O5. The minimum Gasteiger partial charge on any atom is -0.507 e. The SMILES string of the molecule is CCCCCCOc1ccc(C2c3c(-c4cc(Cl)c(C)cc4O)n[nH]c3C(=O)N2CCc2ccc(OC)cc2)cc1OC. The number of unbranched alkanes of at least 4 members (excludes halogenated alkanes) is 3. The standard InChI is InChI=1S/C34H38ClN3O5/c1-5-6-7-8-17-43-28-14-11-23(19-29(28)42-4)33-30-31(25-20-26(35)21(2)18-27(25)39)36-37-32(30)34(40)38(33)16-15-22-9-12-24(41-3)13-10-22/h9-14,18-20,33,39H,5-8,15-17H2,1-4H3,(H,36,37). The second kappa shape index (κ2) is 13.4. The highest BCUT2D eigenvalue weighted by molar-refractivity contribution is 6.31. The van der Waals surface area contributed by atoms with E-state index in [2.05, 4.69) is 17.1 Å². The average Bonchev–Trinajstić information content (AvgIpc) is 3.56. The van der Waals surface area contributed by atoms with E-state index in [1.165, 1.54) is 6.42 Å². The predicted octanol–water partition coefficient (Wildman–Crippen LogP) is 7.51. The summed E-state index contributed by atoms with van der Waals surface area (Å²) >= 11 is 6.46. The van der Waals surface area contributed by atoms with Gasteiger partial charge in [0.25, 0.3) is 5.91 Å². The zero-order chi connectivity index (χ0) is 30.5. The number of phenolic OH excluding ortho intramolecular Hbond substituents is 1. The van der Waals surface area contributed by atoms with Crippen molar-refractivity contribution in [2.45, 2.75) is 52.0 Å². The maximum absolute atomic E-state index is 13.9. The molecule has 1 aromatic heterocycles. The van der Waals surface area contributed by atoms with Crippen LogP contribution in [-0.4, -0.2) is 53.5 Å². The van der Waals surface area contributed by atoms with E-state index in [1.54, 1.807) is 26.4 Å². The molecule has 3 aromatic carbocycles. The quantitative estimate of drug-likeness (QED) is 0.154. The summed E-state index contributed by atoms with van der Waals surface area (Å²) in [7, 11) is 3.25. The number of rotatable bonds is 13. The van der Waals surface area contributed by atoms with Crippen LogP contribution in [0.5, 0.6) is 23.0 Å². The summed E-state index contributed by atoms with van der Waals surface area (Å²) in [6.45, 7) is 5.07. The van der Waals surface area contributed by atoms with Gasteiger partial charge in [0.2, 0.25) is 0 Å². The fraction of sp³-hybridized carbons (Fsp3) is 0.353. The number of aromatic hydroxyl groups is 1. The topological polar surface area (TPSA) is 96.9 Å². The van der Waals surface area contributed by atoms with E-state index in [9.17, 15) is 9.90 Å². The van der Waals surface area contributed by atoms with E-state index >= 15 is 0 Å². The number of H-pyrrole nitrogens is 1. The first kappa shape index (κ1) is 30.3. The molecule has 1 aliphatic heterocycles. The summed E-state index contributed by atoms with van der Waals surface area (Å²) in [6, 6.07) is 16.5. The Morgan fingerprint density at radius 1 is 1.00 bits per heavy atom. The number of fused-ring (bicyclic) bond motifs is 1. The molecule has 8 nitrogen and oxygen atoms in total. The van der Waals surface area contributed by atoms with Gasteiger partial charge in [-0.05, 0) is 72.9 Å². The van der Waals surface area contributed by atoms with Gasteiger partial charge in [0.1, 0.15) is 22.9 Å². The van der Waals surface area contributed by atoms with Crippen molar-refractivity contribution < 1.29 is 24.1 Å². The van der Waals surface area contributed by atoms with Crippen molar-refractivity contribution in [2.75, 3.05) is 27.4 Å². The molecule has 1 atom stereocenters. The number of aryl methyl sites for hydroxylation is 1.